The zero-order valence-electron chi connectivity index (χ0n) is 11.2. The van der Waals surface area contributed by atoms with Gasteiger partial charge in [-0.1, -0.05) is 30.3 Å². The molecule has 3 N–H and O–H groups in total. The van der Waals surface area contributed by atoms with E-state index in [0.717, 1.165) is 5.56 Å². The van der Waals surface area contributed by atoms with Crippen LogP contribution in [-0.4, -0.2) is 21.8 Å². The molecular formula is C15H14N4O2. The molecule has 1 atom stereocenters. The second-order valence-electron chi connectivity index (χ2n) is 4.97. The molecule has 2 heterocycles. The molecule has 2 aromatic rings. The zero-order chi connectivity index (χ0) is 14.8. The number of rotatable bonds is 3. The predicted molar refractivity (Wildman–Crippen MR) is 76.8 cm³/mol. The number of hydrogen-bond acceptors (Lipinski definition) is 5. The molecule has 6 heteroatoms. The van der Waals surface area contributed by atoms with Gasteiger partial charge in [-0.25, -0.2) is 9.97 Å². The lowest BCUT2D eigenvalue weighted by Gasteiger charge is -2.09. The fraction of sp³-hybridized carbons (Fsp3) is 0.200. The molecule has 0 bridgehead atoms. The van der Waals surface area contributed by atoms with Gasteiger partial charge in [-0.15, -0.1) is 0 Å². The third-order valence-corrected chi connectivity index (χ3v) is 3.41. The maximum Gasteiger partial charge on any atom is 0.230 e. The van der Waals surface area contributed by atoms with Gasteiger partial charge in [0.05, 0.1) is 23.5 Å². The number of nitrogens with zero attached hydrogens (tertiary/aromatic N) is 2. The van der Waals surface area contributed by atoms with E-state index in [1.165, 1.54) is 0 Å². The summed E-state index contributed by atoms with van der Waals surface area (Å²) >= 11 is 0. The second kappa shape index (κ2) is 5.32. The first-order chi connectivity index (χ1) is 10.1. The van der Waals surface area contributed by atoms with E-state index in [0.29, 0.717) is 23.6 Å². The molecule has 0 unspecified atom stereocenters. The summed E-state index contributed by atoms with van der Waals surface area (Å²) in [5.74, 6) is -0.395. The molecule has 6 nitrogen and oxygen atoms in total. The lowest BCUT2D eigenvalue weighted by molar-refractivity contribution is -0.125. The molecule has 1 aliphatic heterocycles. The summed E-state index contributed by atoms with van der Waals surface area (Å²) in [6.45, 7) is 0. The molecule has 0 radical (unpaired) electrons. The van der Waals surface area contributed by atoms with Crippen molar-refractivity contribution < 1.29 is 9.59 Å². The van der Waals surface area contributed by atoms with E-state index in [9.17, 15) is 9.59 Å². The number of carbonyl (C=O) groups is 2. The first-order valence-corrected chi connectivity index (χ1v) is 6.64. The van der Waals surface area contributed by atoms with Gasteiger partial charge in [0, 0.05) is 18.4 Å². The number of amides is 2. The van der Waals surface area contributed by atoms with Crippen LogP contribution >= 0.6 is 0 Å². The van der Waals surface area contributed by atoms with Crippen LogP contribution in [0.2, 0.25) is 0 Å². The Kier molecular flexibility index (Phi) is 3.35. The molecule has 0 spiro atoms. The van der Waals surface area contributed by atoms with Crippen LogP contribution in [0.25, 0.3) is 11.3 Å². The highest BCUT2D eigenvalue weighted by molar-refractivity contribution is 6.03. The molecular weight excluding hydrogens is 268 g/mol. The lowest BCUT2D eigenvalue weighted by Crippen LogP contribution is -2.23. The summed E-state index contributed by atoms with van der Waals surface area (Å²) in [6, 6.07) is 9.54. The molecule has 106 valence electrons. The second-order valence-corrected chi connectivity index (χ2v) is 4.97. The average molecular weight is 282 g/mol. The van der Waals surface area contributed by atoms with Gasteiger partial charge in [0.1, 0.15) is 5.82 Å². The molecule has 1 saturated heterocycles. The summed E-state index contributed by atoms with van der Waals surface area (Å²) < 4.78 is 0. The third-order valence-electron chi connectivity index (χ3n) is 3.41. The highest BCUT2D eigenvalue weighted by Gasteiger charge is 2.31. The fourth-order valence-electron chi connectivity index (χ4n) is 2.35. The number of hydrogen-bond donors (Lipinski definition) is 2. The number of imide groups is 1. The SMILES string of the molecule is Nc1cnc(C[C@H]2CC(=O)NC2=O)nc1-c1ccccc1. The van der Waals surface area contributed by atoms with Crippen LogP contribution in [0, 0.1) is 5.92 Å². The van der Waals surface area contributed by atoms with Crippen molar-refractivity contribution in [3.63, 3.8) is 0 Å². The minimum absolute atomic E-state index is 0.188. The number of benzene rings is 1. The number of carbonyl (C=O) groups excluding carboxylic acids is 2. The number of nitrogens with one attached hydrogen (secondary N) is 1. The minimum Gasteiger partial charge on any atom is -0.396 e. The Bertz CT molecular complexity index is 700. The number of nitrogens with two attached hydrogens (primary N) is 1. The van der Waals surface area contributed by atoms with Gasteiger partial charge in [0.25, 0.3) is 0 Å². The van der Waals surface area contributed by atoms with E-state index < -0.39 is 5.92 Å². The topological polar surface area (TPSA) is 98.0 Å². The van der Waals surface area contributed by atoms with Gasteiger partial charge >= 0.3 is 0 Å². The van der Waals surface area contributed by atoms with Crippen molar-refractivity contribution in [3.05, 3.63) is 42.4 Å². The zero-order valence-corrected chi connectivity index (χ0v) is 11.2. The largest absolute Gasteiger partial charge is 0.396 e. The molecule has 2 amide bonds. The van der Waals surface area contributed by atoms with E-state index in [1.807, 2.05) is 30.3 Å². The van der Waals surface area contributed by atoms with Gasteiger partial charge in [-0.05, 0) is 0 Å². The van der Waals surface area contributed by atoms with Crippen LogP contribution in [-0.2, 0) is 16.0 Å². The summed E-state index contributed by atoms with van der Waals surface area (Å²) in [7, 11) is 0. The minimum atomic E-state index is -0.398. The maximum atomic E-state index is 11.6. The van der Waals surface area contributed by atoms with Crippen LogP contribution in [0.4, 0.5) is 5.69 Å². The highest BCUT2D eigenvalue weighted by Crippen LogP contribution is 2.24. The van der Waals surface area contributed by atoms with Gasteiger partial charge in [-0.3, -0.25) is 14.9 Å². The predicted octanol–water partition coefficient (Wildman–Crippen LogP) is 0.931. The molecule has 0 aliphatic carbocycles. The van der Waals surface area contributed by atoms with E-state index in [1.54, 1.807) is 6.20 Å². The smallest absolute Gasteiger partial charge is 0.230 e. The van der Waals surface area contributed by atoms with Gasteiger partial charge < -0.3 is 5.73 Å². The number of anilines is 1. The monoisotopic (exact) mass is 282 g/mol. The lowest BCUT2D eigenvalue weighted by atomic mass is 10.0. The van der Waals surface area contributed by atoms with Gasteiger partial charge in [0.15, 0.2) is 0 Å². The Hall–Kier alpha value is -2.76. The first kappa shape index (κ1) is 13.2. The molecule has 1 fully saturated rings. The van der Waals surface area contributed by atoms with Crippen molar-refractivity contribution in [2.75, 3.05) is 5.73 Å². The van der Waals surface area contributed by atoms with Crippen LogP contribution in [0.1, 0.15) is 12.2 Å². The van der Waals surface area contributed by atoms with Crippen LogP contribution in [0.5, 0.6) is 0 Å². The van der Waals surface area contributed by atoms with E-state index in [4.69, 9.17) is 5.73 Å². The molecule has 21 heavy (non-hydrogen) atoms. The molecule has 1 aromatic carbocycles. The van der Waals surface area contributed by atoms with Crippen molar-refractivity contribution >= 4 is 17.5 Å². The van der Waals surface area contributed by atoms with Gasteiger partial charge in [0.2, 0.25) is 11.8 Å². The van der Waals surface area contributed by atoms with Crippen LogP contribution in [0.15, 0.2) is 36.5 Å². The number of nitrogen functional groups attached to an aromatic ring is 1. The Morgan fingerprint density at radius 1 is 1.24 bits per heavy atom. The Morgan fingerprint density at radius 3 is 2.67 bits per heavy atom. The molecule has 0 saturated carbocycles. The normalized spacial score (nSPS) is 17.8. The summed E-state index contributed by atoms with van der Waals surface area (Å²) in [6.07, 6.45) is 2.06. The van der Waals surface area contributed by atoms with E-state index in [-0.39, 0.29) is 18.2 Å². The van der Waals surface area contributed by atoms with Crippen LogP contribution < -0.4 is 11.1 Å². The van der Waals surface area contributed by atoms with Crippen LogP contribution in [0.3, 0.4) is 0 Å². The average Bonchev–Trinajstić information content (AvgIpc) is 2.80. The maximum absolute atomic E-state index is 11.6. The number of aromatic nitrogens is 2. The van der Waals surface area contributed by atoms with Gasteiger partial charge in [-0.2, -0.15) is 0 Å². The summed E-state index contributed by atoms with van der Waals surface area (Å²) in [5.41, 5.74) is 7.94. The first-order valence-electron chi connectivity index (χ1n) is 6.64. The molecule has 3 rings (SSSR count). The molecule has 1 aliphatic rings. The molecule has 1 aromatic heterocycles. The Labute approximate surface area is 121 Å². The fourth-order valence-corrected chi connectivity index (χ4v) is 2.35. The van der Waals surface area contributed by atoms with Crippen molar-refractivity contribution in [1.82, 2.24) is 15.3 Å². The van der Waals surface area contributed by atoms with Crippen molar-refractivity contribution in [1.29, 1.82) is 0 Å². The quantitative estimate of drug-likeness (QED) is 0.816. The van der Waals surface area contributed by atoms with Crippen molar-refractivity contribution in [3.8, 4) is 11.3 Å². The summed E-state index contributed by atoms with van der Waals surface area (Å²) in [4.78, 5) is 31.4. The van der Waals surface area contributed by atoms with E-state index in [2.05, 4.69) is 15.3 Å². The third kappa shape index (κ3) is 2.74. The van der Waals surface area contributed by atoms with Crippen molar-refractivity contribution in [2.45, 2.75) is 12.8 Å². The standard InChI is InChI=1S/C15H14N4O2/c16-11-8-17-12(6-10-7-13(20)19-15(10)21)18-14(11)9-4-2-1-3-5-9/h1-5,8,10H,6-7,16H2,(H,19,20,21)/t10-/m0/s1. The Balaban J connectivity index is 1.88. The Morgan fingerprint density at radius 2 is 2.00 bits per heavy atom. The summed E-state index contributed by atoms with van der Waals surface area (Å²) in [5, 5.41) is 2.29. The van der Waals surface area contributed by atoms with Crippen molar-refractivity contribution in [2.24, 2.45) is 5.92 Å². The highest BCUT2D eigenvalue weighted by atomic mass is 16.2. The van der Waals surface area contributed by atoms with E-state index >= 15 is 0 Å².